The van der Waals surface area contributed by atoms with E-state index >= 15 is 0 Å². The van der Waals surface area contributed by atoms with E-state index in [1.807, 2.05) is 78.9 Å². The second-order valence-electron chi connectivity index (χ2n) is 10.6. The molecule has 0 spiro atoms. The monoisotopic (exact) mass is 598 g/mol. The minimum absolute atomic E-state index is 0.193. The van der Waals surface area contributed by atoms with Crippen molar-refractivity contribution in [1.82, 2.24) is 10.9 Å². The van der Waals surface area contributed by atoms with E-state index in [2.05, 4.69) is 34.9 Å². The fourth-order valence-electron chi connectivity index (χ4n) is 4.50. The number of carbonyl (C=O) groups is 2. The maximum absolute atomic E-state index is 13.2. The standard InChI is InChI=1S/C36H46N4O4/c1-3-5-7-16-24-43-33-22-14-12-20-30(33)27-37-39-35(41)32(26-29-18-10-9-11-19-29)36(42)40-38-28-31-21-13-15-23-34(31)44-25-17-8-6-4-2/h9-15,18-23,27-28,32H,3-8,16-17,24-26H2,1-2H3,(H,39,41)(H,40,42)/b37-27+,38-28+. The van der Waals surface area contributed by atoms with E-state index in [4.69, 9.17) is 9.47 Å². The number of para-hydroxylation sites is 2. The van der Waals surface area contributed by atoms with Gasteiger partial charge in [0, 0.05) is 11.1 Å². The number of benzene rings is 3. The zero-order valence-electron chi connectivity index (χ0n) is 26.0. The number of nitrogens with zero attached hydrogens (tertiary/aromatic N) is 2. The molecule has 234 valence electrons. The molecule has 3 aromatic carbocycles. The van der Waals surface area contributed by atoms with Crippen molar-refractivity contribution in [3.8, 4) is 11.5 Å². The van der Waals surface area contributed by atoms with Crippen LogP contribution in [0.15, 0.2) is 89.1 Å². The largest absolute Gasteiger partial charge is 0.493 e. The summed E-state index contributed by atoms with van der Waals surface area (Å²) < 4.78 is 11.9. The first-order chi connectivity index (χ1) is 21.6. The third kappa shape index (κ3) is 12.4. The number of hydrogen-bond acceptors (Lipinski definition) is 6. The quantitative estimate of drug-likeness (QED) is 0.0629. The highest BCUT2D eigenvalue weighted by molar-refractivity contribution is 6.01. The van der Waals surface area contributed by atoms with Crippen LogP contribution in [0.4, 0.5) is 0 Å². The minimum atomic E-state index is -1.05. The van der Waals surface area contributed by atoms with E-state index in [1.54, 1.807) is 0 Å². The maximum Gasteiger partial charge on any atom is 0.253 e. The maximum atomic E-state index is 13.2. The Morgan fingerprint density at radius 1 is 0.636 bits per heavy atom. The molecule has 0 aliphatic rings. The number of amides is 2. The lowest BCUT2D eigenvalue weighted by molar-refractivity contribution is -0.135. The molecule has 8 nitrogen and oxygen atoms in total. The van der Waals surface area contributed by atoms with E-state index in [1.165, 1.54) is 38.1 Å². The summed E-state index contributed by atoms with van der Waals surface area (Å²) in [4.78, 5) is 26.5. The van der Waals surface area contributed by atoms with Crippen molar-refractivity contribution in [2.24, 2.45) is 16.1 Å². The number of nitrogens with one attached hydrogen (secondary N) is 2. The summed E-state index contributed by atoms with van der Waals surface area (Å²) in [6.07, 6.45) is 12.2. The summed E-state index contributed by atoms with van der Waals surface area (Å²) >= 11 is 0. The number of hydrogen-bond donors (Lipinski definition) is 2. The van der Waals surface area contributed by atoms with Crippen molar-refractivity contribution in [2.45, 2.75) is 71.6 Å². The third-order valence-corrected chi connectivity index (χ3v) is 7.02. The van der Waals surface area contributed by atoms with Gasteiger partial charge in [-0.2, -0.15) is 10.2 Å². The smallest absolute Gasteiger partial charge is 0.253 e. The molecule has 0 heterocycles. The first-order valence-electron chi connectivity index (χ1n) is 15.8. The molecule has 0 aromatic heterocycles. The molecule has 0 saturated heterocycles. The van der Waals surface area contributed by atoms with E-state index in [0.717, 1.165) is 42.4 Å². The molecule has 2 N–H and O–H groups in total. The molecule has 2 amide bonds. The Kier molecular flexibility index (Phi) is 15.8. The fourth-order valence-corrected chi connectivity index (χ4v) is 4.50. The van der Waals surface area contributed by atoms with E-state index in [9.17, 15) is 9.59 Å². The van der Waals surface area contributed by atoms with Gasteiger partial charge < -0.3 is 9.47 Å². The highest BCUT2D eigenvalue weighted by Gasteiger charge is 2.27. The number of unbranched alkanes of at least 4 members (excludes halogenated alkanes) is 6. The Bertz CT molecular complexity index is 1240. The highest BCUT2D eigenvalue weighted by Crippen LogP contribution is 2.18. The topological polar surface area (TPSA) is 101 Å². The average molecular weight is 599 g/mol. The number of rotatable bonds is 20. The lowest BCUT2D eigenvalue weighted by Gasteiger charge is -2.14. The Morgan fingerprint density at radius 3 is 1.57 bits per heavy atom. The SMILES string of the molecule is CCCCCCOc1ccccc1/C=N/NC(=O)C(Cc1ccccc1)C(=O)N/N=C/c1ccccc1OCCCCCC. The van der Waals surface area contributed by atoms with Gasteiger partial charge in [-0.25, -0.2) is 10.9 Å². The van der Waals surface area contributed by atoms with Gasteiger partial charge in [-0.05, 0) is 49.1 Å². The normalized spacial score (nSPS) is 11.2. The lowest BCUT2D eigenvalue weighted by Crippen LogP contribution is -2.39. The van der Waals surface area contributed by atoms with Crippen molar-refractivity contribution in [2.75, 3.05) is 13.2 Å². The van der Waals surface area contributed by atoms with Crippen LogP contribution in [0.3, 0.4) is 0 Å². The summed E-state index contributed by atoms with van der Waals surface area (Å²) in [6.45, 7) is 5.59. The Labute approximate surface area is 261 Å². The molecule has 0 atom stereocenters. The predicted molar refractivity (Wildman–Crippen MR) is 177 cm³/mol. The van der Waals surface area contributed by atoms with Gasteiger partial charge in [0.25, 0.3) is 11.8 Å². The molecule has 0 saturated carbocycles. The molecule has 44 heavy (non-hydrogen) atoms. The van der Waals surface area contributed by atoms with Crippen LogP contribution in [0, 0.1) is 5.92 Å². The zero-order valence-corrected chi connectivity index (χ0v) is 26.0. The molecule has 0 unspecified atom stereocenters. The summed E-state index contributed by atoms with van der Waals surface area (Å²) in [7, 11) is 0. The van der Waals surface area contributed by atoms with Gasteiger partial charge in [-0.15, -0.1) is 0 Å². The van der Waals surface area contributed by atoms with Crippen molar-refractivity contribution in [3.63, 3.8) is 0 Å². The number of hydrazone groups is 2. The van der Waals surface area contributed by atoms with Gasteiger partial charge in [-0.3, -0.25) is 9.59 Å². The van der Waals surface area contributed by atoms with Crippen molar-refractivity contribution >= 4 is 24.2 Å². The second-order valence-corrected chi connectivity index (χ2v) is 10.6. The van der Waals surface area contributed by atoms with Gasteiger partial charge >= 0.3 is 0 Å². The van der Waals surface area contributed by atoms with Crippen LogP contribution < -0.4 is 20.3 Å². The van der Waals surface area contributed by atoms with Crippen molar-refractivity contribution in [3.05, 3.63) is 95.6 Å². The molecule has 3 aromatic rings. The number of ether oxygens (including phenoxy) is 2. The van der Waals surface area contributed by atoms with Crippen LogP contribution >= 0.6 is 0 Å². The van der Waals surface area contributed by atoms with E-state index in [-0.39, 0.29) is 6.42 Å². The van der Waals surface area contributed by atoms with Crippen molar-refractivity contribution < 1.29 is 19.1 Å². The van der Waals surface area contributed by atoms with E-state index < -0.39 is 17.7 Å². The van der Waals surface area contributed by atoms with E-state index in [0.29, 0.717) is 24.7 Å². The third-order valence-electron chi connectivity index (χ3n) is 7.02. The molecular weight excluding hydrogens is 552 g/mol. The summed E-state index contributed by atoms with van der Waals surface area (Å²) in [6, 6.07) is 24.4. The van der Waals surface area contributed by atoms with Gasteiger partial charge in [0.15, 0.2) is 0 Å². The van der Waals surface area contributed by atoms with Crippen LogP contribution in [-0.4, -0.2) is 37.5 Å². The molecule has 8 heteroatoms. The molecule has 0 aliphatic carbocycles. The van der Waals surface area contributed by atoms with Crippen LogP contribution in [0.1, 0.15) is 81.9 Å². The van der Waals surface area contributed by atoms with Gasteiger partial charge in [0.2, 0.25) is 0 Å². The zero-order chi connectivity index (χ0) is 31.2. The van der Waals surface area contributed by atoms with Crippen LogP contribution in [0.5, 0.6) is 11.5 Å². The van der Waals surface area contributed by atoms with Crippen LogP contribution in [0.25, 0.3) is 0 Å². The second kappa shape index (κ2) is 20.4. The molecular formula is C36H46N4O4. The molecule has 0 bridgehead atoms. The number of carbonyl (C=O) groups excluding carboxylic acids is 2. The Balaban J connectivity index is 1.63. The average Bonchev–Trinajstić information content (AvgIpc) is 3.05. The Hall–Kier alpha value is -4.46. The minimum Gasteiger partial charge on any atom is -0.493 e. The van der Waals surface area contributed by atoms with Crippen LogP contribution in [-0.2, 0) is 16.0 Å². The van der Waals surface area contributed by atoms with Crippen LogP contribution in [0.2, 0.25) is 0 Å². The lowest BCUT2D eigenvalue weighted by atomic mass is 9.98. The summed E-state index contributed by atoms with van der Waals surface area (Å²) in [5.41, 5.74) is 7.41. The first kappa shape index (κ1) is 34.0. The molecule has 0 fully saturated rings. The first-order valence-corrected chi connectivity index (χ1v) is 15.8. The summed E-state index contributed by atoms with van der Waals surface area (Å²) in [5, 5.41) is 8.30. The van der Waals surface area contributed by atoms with Gasteiger partial charge in [0.05, 0.1) is 25.6 Å². The fraction of sp³-hybridized carbons (Fsp3) is 0.389. The predicted octanol–water partition coefficient (Wildman–Crippen LogP) is 7.06. The van der Waals surface area contributed by atoms with Gasteiger partial charge in [-0.1, -0.05) is 107 Å². The van der Waals surface area contributed by atoms with Crippen molar-refractivity contribution in [1.29, 1.82) is 0 Å². The Morgan fingerprint density at radius 2 is 1.09 bits per heavy atom. The summed E-state index contributed by atoms with van der Waals surface area (Å²) in [5.74, 6) is -0.736. The molecule has 3 rings (SSSR count). The molecule has 0 aliphatic heterocycles. The highest BCUT2D eigenvalue weighted by atomic mass is 16.5. The molecule has 0 radical (unpaired) electrons. The van der Waals surface area contributed by atoms with Gasteiger partial charge in [0.1, 0.15) is 17.4 Å².